The van der Waals surface area contributed by atoms with Crippen molar-refractivity contribution in [3.05, 3.63) is 30.1 Å². The van der Waals surface area contributed by atoms with Gasteiger partial charge in [-0.15, -0.1) is 0 Å². The summed E-state index contributed by atoms with van der Waals surface area (Å²) in [6.07, 6.45) is 0. The number of nitrogen functional groups attached to an aromatic ring is 1. The zero-order chi connectivity index (χ0) is 15.4. The van der Waals surface area contributed by atoms with Crippen LogP contribution in [0.5, 0.6) is 5.75 Å². The number of benzene rings is 1. The Labute approximate surface area is 120 Å². The molecule has 0 atom stereocenters. The van der Waals surface area contributed by atoms with E-state index in [9.17, 15) is 0 Å². The summed E-state index contributed by atoms with van der Waals surface area (Å²) in [7, 11) is 3.33. The van der Waals surface area contributed by atoms with E-state index < -0.39 is 0 Å². The third-order valence-electron chi connectivity index (χ3n) is 2.72. The highest BCUT2D eigenvalue weighted by Gasteiger charge is 2.13. The molecule has 2 aromatic rings. The van der Waals surface area contributed by atoms with Gasteiger partial charge >= 0.3 is 0 Å². The number of ether oxygens (including phenoxy) is 1. The molecule has 0 unspecified atom stereocenters. The van der Waals surface area contributed by atoms with E-state index in [1.807, 2.05) is 24.3 Å². The van der Waals surface area contributed by atoms with Crippen LogP contribution in [0, 0.1) is 0 Å². The van der Waals surface area contributed by atoms with Gasteiger partial charge in [-0.2, -0.15) is 15.0 Å². The van der Waals surface area contributed by atoms with Gasteiger partial charge in [0.1, 0.15) is 5.75 Å². The lowest BCUT2D eigenvalue weighted by molar-refractivity contribution is 0.318. The standard InChI is InChI=1S/C12H15N7O2/c1-19(7-4-3-5-8(6-7)21-2)12-16-10(9(13)18-20)15-11(14)17-12/h3-6,20H,1-2H3,(H2,13,18)(H2,14,15,16,17). The van der Waals surface area contributed by atoms with Crippen molar-refractivity contribution in [1.29, 1.82) is 0 Å². The van der Waals surface area contributed by atoms with Crippen LogP contribution in [0.4, 0.5) is 17.6 Å². The fourth-order valence-electron chi connectivity index (χ4n) is 1.62. The molecule has 0 aliphatic carbocycles. The number of oxime groups is 1. The van der Waals surface area contributed by atoms with Crippen molar-refractivity contribution in [2.24, 2.45) is 10.9 Å². The van der Waals surface area contributed by atoms with Crippen molar-refractivity contribution in [2.45, 2.75) is 0 Å². The average molecular weight is 289 g/mol. The third-order valence-corrected chi connectivity index (χ3v) is 2.72. The summed E-state index contributed by atoms with van der Waals surface area (Å²) in [4.78, 5) is 13.6. The molecule has 9 nitrogen and oxygen atoms in total. The molecule has 1 aromatic carbocycles. The smallest absolute Gasteiger partial charge is 0.235 e. The van der Waals surface area contributed by atoms with Gasteiger partial charge in [0.25, 0.3) is 0 Å². The molecule has 0 aliphatic rings. The van der Waals surface area contributed by atoms with Gasteiger partial charge in [-0.3, -0.25) is 0 Å². The molecular formula is C12H15N7O2. The molecule has 0 saturated carbocycles. The normalized spacial score (nSPS) is 11.2. The van der Waals surface area contributed by atoms with Crippen LogP contribution in [-0.2, 0) is 0 Å². The Hall–Kier alpha value is -3.10. The van der Waals surface area contributed by atoms with E-state index in [1.54, 1.807) is 19.1 Å². The number of nitrogens with zero attached hydrogens (tertiary/aromatic N) is 5. The van der Waals surface area contributed by atoms with Gasteiger partial charge in [0, 0.05) is 18.8 Å². The summed E-state index contributed by atoms with van der Waals surface area (Å²) >= 11 is 0. The van der Waals surface area contributed by atoms with Crippen molar-refractivity contribution in [1.82, 2.24) is 15.0 Å². The van der Waals surface area contributed by atoms with E-state index in [4.69, 9.17) is 21.4 Å². The minimum absolute atomic E-state index is 0.00486. The molecule has 0 radical (unpaired) electrons. The number of nitrogens with two attached hydrogens (primary N) is 2. The largest absolute Gasteiger partial charge is 0.497 e. The maximum absolute atomic E-state index is 8.69. The van der Waals surface area contributed by atoms with Crippen LogP contribution < -0.4 is 21.1 Å². The van der Waals surface area contributed by atoms with Gasteiger partial charge in [0.05, 0.1) is 7.11 Å². The Balaban J connectivity index is 2.42. The molecule has 0 bridgehead atoms. The van der Waals surface area contributed by atoms with Crippen LogP contribution in [0.2, 0.25) is 0 Å². The van der Waals surface area contributed by atoms with E-state index in [1.165, 1.54) is 0 Å². The minimum Gasteiger partial charge on any atom is -0.497 e. The van der Waals surface area contributed by atoms with Gasteiger partial charge < -0.3 is 26.3 Å². The van der Waals surface area contributed by atoms with Crippen LogP contribution >= 0.6 is 0 Å². The predicted octanol–water partition coefficient (Wildman–Crippen LogP) is 0.325. The second-order valence-electron chi connectivity index (χ2n) is 4.06. The van der Waals surface area contributed by atoms with Gasteiger partial charge in [0.15, 0.2) is 0 Å². The molecule has 1 heterocycles. The van der Waals surface area contributed by atoms with Crippen molar-refractivity contribution in [2.75, 3.05) is 24.8 Å². The van der Waals surface area contributed by atoms with Crippen molar-refractivity contribution in [3.63, 3.8) is 0 Å². The maximum atomic E-state index is 8.69. The molecule has 0 aliphatic heterocycles. The van der Waals surface area contributed by atoms with Gasteiger partial charge in [-0.1, -0.05) is 11.2 Å². The Kier molecular flexibility index (Phi) is 4.02. The summed E-state index contributed by atoms with van der Waals surface area (Å²) in [5.74, 6) is 0.672. The fourth-order valence-corrected chi connectivity index (χ4v) is 1.62. The van der Waals surface area contributed by atoms with E-state index in [0.29, 0.717) is 5.75 Å². The van der Waals surface area contributed by atoms with Crippen molar-refractivity contribution >= 4 is 23.4 Å². The van der Waals surface area contributed by atoms with E-state index in [2.05, 4.69) is 20.1 Å². The quantitative estimate of drug-likeness (QED) is 0.317. The number of rotatable bonds is 4. The van der Waals surface area contributed by atoms with Crippen LogP contribution in [0.3, 0.4) is 0 Å². The summed E-state index contributed by atoms with van der Waals surface area (Å²) in [5.41, 5.74) is 11.9. The summed E-state index contributed by atoms with van der Waals surface area (Å²) < 4.78 is 5.17. The van der Waals surface area contributed by atoms with Crippen LogP contribution in [-0.4, -0.2) is 40.2 Å². The highest BCUT2D eigenvalue weighted by molar-refractivity contribution is 5.93. The van der Waals surface area contributed by atoms with Crippen LogP contribution in [0.25, 0.3) is 0 Å². The lowest BCUT2D eigenvalue weighted by atomic mass is 10.3. The zero-order valence-corrected chi connectivity index (χ0v) is 11.6. The highest BCUT2D eigenvalue weighted by atomic mass is 16.5. The molecule has 5 N–H and O–H groups in total. The molecule has 1 aromatic heterocycles. The summed E-state index contributed by atoms with van der Waals surface area (Å²) in [6.45, 7) is 0. The number of methoxy groups -OCH3 is 1. The molecular weight excluding hydrogens is 274 g/mol. The zero-order valence-electron chi connectivity index (χ0n) is 11.6. The SMILES string of the molecule is COc1cccc(N(C)c2nc(N)nc(C(N)=NO)n2)c1. The van der Waals surface area contributed by atoms with E-state index in [-0.39, 0.29) is 23.6 Å². The van der Waals surface area contributed by atoms with Crippen molar-refractivity contribution < 1.29 is 9.94 Å². The van der Waals surface area contributed by atoms with Gasteiger partial charge in [-0.05, 0) is 12.1 Å². The Bertz CT molecular complexity index is 674. The Morgan fingerprint density at radius 2 is 2.10 bits per heavy atom. The molecule has 9 heteroatoms. The number of amidine groups is 1. The first-order valence-electron chi connectivity index (χ1n) is 5.92. The first-order chi connectivity index (χ1) is 10.0. The molecule has 21 heavy (non-hydrogen) atoms. The monoisotopic (exact) mass is 289 g/mol. The molecule has 0 amide bonds. The number of anilines is 3. The fraction of sp³-hybridized carbons (Fsp3) is 0.167. The highest BCUT2D eigenvalue weighted by Crippen LogP contribution is 2.24. The minimum atomic E-state index is -0.246. The Morgan fingerprint density at radius 1 is 1.33 bits per heavy atom. The van der Waals surface area contributed by atoms with E-state index in [0.717, 1.165) is 5.69 Å². The topological polar surface area (TPSA) is 136 Å². The molecule has 110 valence electrons. The lowest BCUT2D eigenvalue weighted by Gasteiger charge is -2.18. The van der Waals surface area contributed by atoms with Crippen molar-refractivity contribution in [3.8, 4) is 5.75 Å². The summed E-state index contributed by atoms with van der Waals surface area (Å²) in [5, 5.41) is 11.5. The van der Waals surface area contributed by atoms with Gasteiger partial charge in [0.2, 0.25) is 23.6 Å². The maximum Gasteiger partial charge on any atom is 0.235 e. The third kappa shape index (κ3) is 3.08. The first kappa shape index (κ1) is 14.3. The van der Waals surface area contributed by atoms with Crippen LogP contribution in [0.15, 0.2) is 29.4 Å². The second-order valence-corrected chi connectivity index (χ2v) is 4.06. The number of hydrogen-bond donors (Lipinski definition) is 3. The average Bonchev–Trinajstić information content (AvgIpc) is 2.52. The molecule has 0 spiro atoms. The van der Waals surface area contributed by atoms with Gasteiger partial charge in [-0.25, -0.2) is 0 Å². The summed E-state index contributed by atoms with van der Waals surface area (Å²) in [6, 6.07) is 7.31. The second kappa shape index (κ2) is 5.90. The first-order valence-corrected chi connectivity index (χ1v) is 5.92. The van der Waals surface area contributed by atoms with E-state index >= 15 is 0 Å². The molecule has 2 rings (SSSR count). The Morgan fingerprint density at radius 3 is 2.76 bits per heavy atom. The molecule has 0 fully saturated rings. The number of hydrogen-bond acceptors (Lipinski definition) is 8. The number of aromatic nitrogens is 3. The lowest BCUT2D eigenvalue weighted by Crippen LogP contribution is -2.22. The predicted molar refractivity (Wildman–Crippen MR) is 77.8 cm³/mol. The molecule has 0 saturated heterocycles. The van der Waals surface area contributed by atoms with Crippen LogP contribution in [0.1, 0.15) is 5.82 Å².